The molecule has 0 bridgehead atoms. The Kier molecular flexibility index (Phi) is 3.55. The number of carbonyl (C=O) groups is 1. The molecular formula is C14H22N4O. The Hall–Kier alpha value is -1.36. The predicted molar refractivity (Wildman–Crippen MR) is 72.6 cm³/mol. The molecule has 1 amide bonds. The van der Waals surface area contributed by atoms with E-state index in [1.165, 1.54) is 6.42 Å². The lowest BCUT2D eigenvalue weighted by molar-refractivity contribution is -0.130. The number of likely N-dealkylation sites (tertiary alicyclic amines) is 2. The van der Waals surface area contributed by atoms with E-state index in [9.17, 15) is 4.79 Å². The molecule has 1 aromatic rings. The van der Waals surface area contributed by atoms with Crippen molar-refractivity contribution in [1.29, 1.82) is 0 Å². The molecule has 2 fully saturated rings. The second kappa shape index (κ2) is 5.33. The molecule has 104 valence electrons. The van der Waals surface area contributed by atoms with Crippen LogP contribution in [0.2, 0.25) is 0 Å². The van der Waals surface area contributed by atoms with Crippen LogP contribution in [0, 0.1) is 6.92 Å². The molecule has 2 saturated heterocycles. The first-order chi connectivity index (χ1) is 9.24. The molecule has 1 N–H and O–H groups in total. The van der Waals surface area contributed by atoms with Crippen molar-refractivity contribution in [2.24, 2.45) is 0 Å². The summed E-state index contributed by atoms with van der Waals surface area (Å²) < 4.78 is 0. The van der Waals surface area contributed by atoms with Gasteiger partial charge in [-0.1, -0.05) is 0 Å². The minimum absolute atomic E-state index is 0.350. The quantitative estimate of drug-likeness (QED) is 0.893. The van der Waals surface area contributed by atoms with Crippen molar-refractivity contribution in [3.8, 4) is 0 Å². The second-order valence-corrected chi connectivity index (χ2v) is 5.70. The van der Waals surface area contributed by atoms with Crippen LogP contribution in [0.15, 0.2) is 6.33 Å². The zero-order valence-electron chi connectivity index (χ0n) is 11.6. The molecule has 0 spiro atoms. The Labute approximate surface area is 114 Å². The zero-order valence-corrected chi connectivity index (χ0v) is 11.6. The lowest BCUT2D eigenvalue weighted by Crippen LogP contribution is -2.48. The number of rotatable bonds is 3. The summed E-state index contributed by atoms with van der Waals surface area (Å²) in [6, 6.07) is 0.419. The summed E-state index contributed by atoms with van der Waals surface area (Å²) in [5.41, 5.74) is 2.28. The van der Waals surface area contributed by atoms with Gasteiger partial charge in [0.25, 0.3) is 0 Å². The first-order valence-corrected chi connectivity index (χ1v) is 7.24. The monoisotopic (exact) mass is 262 g/mol. The Morgan fingerprint density at radius 1 is 1.42 bits per heavy atom. The van der Waals surface area contributed by atoms with E-state index in [1.807, 2.05) is 0 Å². The molecule has 0 saturated carbocycles. The molecule has 5 nitrogen and oxygen atoms in total. The number of imidazole rings is 1. The van der Waals surface area contributed by atoms with E-state index in [0.717, 1.165) is 56.8 Å². The SMILES string of the molecule is Cc1[nH]cnc1CN1CCC[C@H](N2CCCC2=O)C1. The highest BCUT2D eigenvalue weighted by Crippen LogP contribution is 2.22. The van der Waals surface area contributed by atoms with Gasteiger partial charge in [-0.25, -0.2) is 4.98 Å². The molecule has 2 aliphatic rings. The van der Waals surface area contributed by atoms with E-state index in [4.69, 9.17) is 0 Å². The Morgan fingerprint density at radius 2 is 2.32 bits per heavy atom. The van der Waals surface area contributed by atoms with E-state index >= 15 is 0 Å². The third-order valence-electron chi connectivity index (χ3n) is 4.34. The van der Waals surface area contributed by atoms with Gasteiger partial charge in [0.2, 0.25) is 5.91 Å². The number of piperidine rings is 1. The van der Waals surface area contributed by atoms with Crippen molar-refractivity contribution in [1.82, 2.24) is 19.8 Å². The van der Waals surface area contributed by atoms with Crippen molar-refractivity contribution < 1.29 is 4.79 Å². The number of aromatic amines is 1. The van der Waals surface area contributed by atoms with Crippen LogP contribution in [0.5, 0.6) is 0 Å². The third kappa shape index (κ3) is 2.66. The van der Waals surface area contributed by atoms with Gasteiger partial charge in [0.05, 0.1) is 12.0 Å². The predicted octanol–water partition coefficient (Wildman–Crippen LogP) is 1.30. The number of hydrogen-bond donors (Lipinski definition) is 1. The minimum atomic E-state index is 0.350. The fourth-order valence-corrected chi connectivity index (χ4v) is 3.24. The second-order valence-electron chi connectivity index (χ2n) is 5.70. The van der Waals surface area contributed by atoms with Gasteiger partial charge >= 0.3 is 0 Å². The molecule has 3 rings (SSSR count). The van der Waals surface area contributed by atoms with Crippen molar-refractivity contribution >= 4 is 5.91 Å². The molecule has 0 aliphatic carbocycles. The van der Waals surface area contributed by atoms with Gasteiger partial charge in [0, 0.05) is 37.8 Å². The Bertz CT molecular complexity index is 456. The number of aromatic nitrogens is 2. The first-order valence-electron chi connectivity index (χ1n) is 7.24. The highest BCUT2D eigenvalue weighted by molar-refractivity contribution is 5.78. The topological polar surface area (TPSA) is 52.2 Å². The van der Waals surface area contributed by atoms with Crippen molar-refractivity contribution in [2.75, 3.05) is 19.6 Å². The number of carbonyl (C=O) groups excluding carboxylic acids is 1. The summed E-state index contributed by atoms with van der Waals surface area (Å²) in [5.74, 6) is 0.350. The lowest BCUT2D eigenvalue weighted by atomic mass is 10.0. The van der Waals surface area contributed by atoms with Gasteiger partial charge in [-0.15, -0.1) is 0 Å². The fourth-order valence-electron chi connectivity index (χ4n) is 3.24. The molecule has 19 heavy (non-hydrogen) atoms. The van der Waals surface area contributed by atoms with E-state index in [1.54, 1.807) is 6.33 Å². The molecule has 1 aromatic heterocycles. The number of H-pyrrole nitrogens is 1. The van der Waals surface area contributed by atoms with Crippen LogP contribution in [-0.2, 0) is 11.3 Å². The number of nitrogens with zero attached hydrogens (tertiary/aromatic N) is 3. The third-order valence-corrected chi connectivity index (χ3v) is 4.34. The van der Waals surface area contributed by atoms with Gasteiger partial charge in [-0.05, 0) is 32.7 Å². The summed E-state index contributed by atoms with van der Waals surface area (Å²) in [7, 11) is 0. The smallest absolute Gasteiger partial charge is 0.222 e. The van der Waals surface area contributed by atoms with Crippen LogP contribution >= 0.6 is 0 Å². The van der Waals surface area contributed by atoms with Crippen molar-refractivity contribution in [3.05, 3.63) is 17.7 Å². The largest absolute Gasteiger partial charge is 0.348 e. The number of nitrogens with one attached hydrogen (secondary N) is 1. The molecule has 5 heteroatoms. The highest BCUT2D eigenvalue weighted by Gasteiger charge is 2.31. The molecule has 0 unspecified atom stereocenters. The normalized spacial score (nSPS) is 25.2. The maximum Gasteiger partial charge on any atom is 0.222 e. The minimum Gasteiger partial charge on any atom is -0.348 e. The summed E-state index contributed by atoms with van der Waals surface area (Å²) in [6.45, 7) is 6.03. The van der Waals surface area contributed by atoms with Crippen LogP contribution in [-0.4, -0.2) is 51.4 Å². The summed E-state index contributed by atoms with van der Waals surface area (Å²) in [4.78, 5) is 23.9. The Morgan fingerprint density at radius 3 is 3.00 bits per heavy atom. The molecule has 0 radical (unpaired) electrons. The fraction of sp³-hybridized carbons (Fsp3) is 0.714. The summed E-state index contributed by atoms with van der Waals surface area (Å²) in [5, 5.41) is 0. The van der Waals surface area contributed by atoms with E-state index in [0.29, 0.717) is 11.9 Å². The highest BCUT2D eigenvalue weighted by atomic mass is 16.2. The molecule has 1 atom stereocenters. The maximum absolute atomic E-state index is 11.8. The maximum atomic E-state index is 11.8. The molecule has 2 aliphatic heterocycles. The van der Waals surface area contributed by atoms with Crippen molar-refractivity contribution in [2.45, 2.75) is 45.2 Å². The van der Waals surface area contributed by atoms with Crippen molar-refractivity contribution in [3.63, 3.8) is 0 Å². The first kappa shape index (κ1) is 12.7. The standard InChI is InChI=1S/C14H22N4O/c1-11-13(16-10-15-11)9-17-6-2-4-12(8-17)18-7-3-5-14(18)19/h10,12H,2-9H2,1H3,(H,15,16)/t12-/m0/s1. The van der Waals surface area contributed by atoms with Crippen LogP contribution < -0.4 is 0 Å². The van der Waals surface area contributed by atoms with Crippen LogP contribution in [0.1, 0.15) is 37.1 Å². The molecule has 3 heterocycles. The van der Waals surface area contributed by atoms with E-state index in [-0.39, 0.29) is 0 Å². The van der Waals surface area contributed by atoms with Gasteiger partial charge in [-0.2, -0.15) is 0 Å². The van der Waals surface area contributed by atoms with Crippen LogP contribution in [0.25, 0.3) is 0 Å². The summed E-state index contributed by atoms with van der Waals surface area (Å²) in [6.07, 6.45) is 5.87. The van der Waals surface area contributed by atoms with Gasteiger partial charge in [0.15, 0.2) is 0 Å². The average molecular weight is 262 g/mol. The van der Waals surface area contributed by atoms with E-state index in [2.05, 4.69) is 26.7 Å². The van der Waals surface area contributed by atoms with Gasteiger partial charge in [0.1, 0.15) is 0 Å². The number of amides is 1. The average Bonchev–Trinajstić information content (AvgIpc) is 3.00. The van der Waals surface area contributed by atoms with Crippen LogP contribution in [0.3, 0.4) is 0 Å². The lowest BCUT2D eigenvalue weighted by Gasteiger charge is -2.37. The Balaban J connectivity index is 1.62. The van der Waals surface area contributed by atoms with Gasteiger partial charge < -0.3 is 9.88 Å². The van der Waals surface area contributed by atoms with Crippen LogP contribution in [0.4, 0.5) is 0 Å². The van der Waals surface area contributed by atoms with E-state index < -0.39 is 0 Å². The number of hydrogen-bond acceptors (Lipinski definition) is 3. The molecule has 0 aromatic carbocycles. The molecular weight excluding hydrogens is 240 g/mol. The van der Waals surface area contributed by atoms with Gasteiger partial charge in [-0.3, -0.25) is 9.69 Å². The number of aryl methyl sites for hydroxylation is 1. The zero-order chi connectivity index (χ0) is 13.2. The summed E-state index contributed by atoms with van der Waals surface area (Å²) >= 11 is 0.